The predicted molar refractivity (Wildman–Crippen MR) is 223 cm³/mol. The summed E-state index contributed by atoms with van der Waals surface area (Å²) in [6.07, 6.45) is 24.3. The van der Waals surface area contributed by atoms with Crippen molar-refractivity contribution >= 4 is 72.3 Å². The molecule has 0 saturated carbocycles. The van der Waals surface area contributed by atoms with Crippen molar-refractivity contribution < 1.29 is 14.8 Å². The number of fused-ring (bicyclic) bond motifs is 4. The van der Waals surface area contributed by atoms with E-state index in [0.717, 1.165) is 57.3 Å². The Hall–Kier alpha value is -5.43. The van der Waals surface area contributed by atoms with Gasteiger partial charge >= 0.3 is 0 Å². The maximum Gasteiger partial charge on any atom is 0.213 e. The molecule has 0 saturated heterocycles. The van der Waals surface area contributed by atoms with Gasteiger partial charge in [0.2, 0.25) is 5.52 Å². The topological polar surface area (TPSA) is 47.6 Å². The van der Waals surface area contributed by atoms with E-state index in [9.17, 15) is 10.2 Å². The highest BCUT2D eigenvalue weighted by atomic mass is 33.1. The smallest absolute Gasteiger partial charge is 0.213 e. The lowest BCUT2D eigenvalue weighted by molar-refractivity contribution is -0.666. The van der Waals surface area contributed by atoms with Crippen LogP contribution in [0.25, 0.3) is 50.7 Å². The second kappa shape index (κ2) is 15.4. The van der Waals surface area contributed by atoms with E-state index in [2.05, 4.69) is 143 Å². The highest BCUT2D eigenvalue weighted by molar-refractivity contribution is 8.76. The van der Waals surface area contributed by atoms with Crippen LogP contribution in [0, 0.1) is 0 Å². The van der Waals surface area contributed by atoms with Crippen molar-refractivity contribution in [2.45, 2.75) is 12.6 Å². The predicted octanol–water partition coefficient (Wildman–Crippen LogP) is 10.7. The third-order valence-corrected chi connectivity index (χ3v) is 12.0. The summed E-state index contributed by atoms with van der Waals surface area (Å²) in [5.74, 6) is 2.65. The highest BCUT2D eigenvalue weighted by Gasteiger charge is 2.22. The zero-order valence-corrected chi connectivity index (χ0v) is 30.3. The molecule has 0 amide bonds. The number of allylic oxidation sites excluding steroid dienone is 5. The maximum absolute atomic E-state index is 9.79. The number of para-hydroxylation sites is 1. The zero-order valence-electron chi connectivity index (χ0n) is 28.7. The summed E-state index contributed by atoms with van der Waals surface area (Å²) in [7, 11) is 3.89. The number of rotatable bonds is 11. The number of hydrogen-bond donors (Lipinski definition) is 2. The van der Waals surface area contributed by atoms with Gasteiger partial charge in [0.25, 0.3) is 0 Å². The third-order valence-electron chi connectivity index (χ3n) is 9.63. The number of nitrogens with zero attached hydrogens (tertiary/aromatic N) is 2. The molecule has 0 spiro atoms. The van der Waals surface area contributed by atoms with Crippen molar-refractivity contribution in [3.8, 4) is 11.5 Å². The van der Waals surface area contributed by atoms with Crippen LogP contribution < -0.4 is 4.57 Å². The number of phenolic OH excluding ortho intramolecular Hbond substituents is 2. The molecule has 0 fully saturated rings. The molecule has 6 heteroatoms. The fourth-order valence-electron chi connectivity index (χ4n) is 6.95. The van der Waals surface area contributed by atoms with E-state index >= 15 is 0 Å². The normalized spacial score (nSPS) is 15.6. The van der Waals surface area contributed by atoms with Gasteiger partial charge in [-0.1, -0.05) is 119 Å². The summed E-state index contributed by atoms with van der Waals surface area (Å²) in [6.45, 7) is 1.92. The van der Waals surface area contributed by atoms with E-state index in [-0.39, 0.29) is 6.04 Å². The first-order valence-corrected chi connectivity index (χ1v) is 20.1. The Morgan fingerprint density at radius 3 is 2.10 bits per heavy atom. The van der Waals surface area contributed by atoms with E-state index in [4.69, 9.17) is 0 Å². The second-order valence-electron chi connectivity index (χ2n) is 13.0. The van der Waals surface area contributed by atoms with Crippen LogP contribution in [-0.4, -0.2) is 39.2 Å². The molecule has 52 heavy (non-hydrogen) atoms. The van der Waals surface area contributed by atoms with Crippen LogP contribution in [0.2, 0.25) is 0 Å². The SMILES string of the molecule is Oc1ccc2cc(/C=C/C3=C4C=CC=CC4N(CCSSCC[n+]4ccc(/C=C/c5ccc6cc(O)ccc6c5)c5ccccc54)C=C3)ccc2c1. The molecule has 5 aromatic carbocycles. The minimum Gasteiger partial charge on any atom is -0.508 e. The summed E-state index contributed by atoms with van der Waals surface area (Å²) in [6, 6.07) is 34.7. The molecule has 0 radical (unpaired) electrons. The minimum atomic E-state index is 0.241. The van der Waals surface area contributed by atoms with Crippen LogP contribution >= 0.6 is 21.6 Å². The van der Waals surface area contributed by atoms with E-state index in [0.29, 0.717) is 11.5 Å². The highest BCUT2D eigenvalue weighted by Crippen LogP contribution is 2.30. The molecule has 6 aromatic rings. The van der Waals surface area contributed by atoms with Crippen LogP contribution in [-0.2, 0) is 6.54 Å². The summed E-state index contributed by atoms with van der Waals surface area (Å²) >= 11 is 0. The third kappa shape index (κ3) is 7.59. The lowest BCUT2D eigenvalue weighted by Crippen LogP contribution is -2.35. The molecule has 0 bridgehead atoms. The quantitative estimate of drug-likeness (QED) is 0.0795. The lowest BCUT2D eigenvalue weighted by Gasteiger charge is -2.34. The van der Waals surface area contributed by atoms with E-state index < -0.39 is 0 Å². The first-order valence-electron chi connectivity index (χ1n) is 17.6. The average molecular weight is 716 g/mol. The largest absolute Gasteiger partial charge is 0.508 e. The number of hydrogen-bond acceptors (Lipinski definition) is 5. The molecule has 8 rings (SSSR count). The number of aryl methyl sites for hydroxylation is 1. The van der Waals surface area contributed by atoms with Crippen LogP contribution in [0.3, 0.4) is 0 Å². The van der Waals surface area contributed by atoms with Gasteiger partial charge in [0, 0.05) is 30.6 Å². The van der Waals surface area contributed by atoms with Crippen LogP contribution in [0.5, 0.6) is 11.5 Å². The van der Waals surface area contributed by atoms with Crippen molar-refractivity contribution in [3.05, 3.63) is 180 Å². The monoisotopic (exact) mass is 715 g/mol. The van der Waals surface area contributed by atoms with Crippen LogP contribution in [0.15, 0.2) is 163 Å². The number of aromatic nitrogens is 1. The lowest BCUT2D eigenvalue weighted by atomic mass is 9.92. The molecule has 2 N–H and O–H groups in total. The van der Waals surface area contributed by atoms with Crippen LogP contribution in [0.1, 0.15) is 16.7 Å². The Morgan fingerprint density at radius 1 is 0.654 bits per heavy atom. The Labute approximate surface area is 312 Å². The van der Waals surface area contributed by atoms with Gasteiger partial charge in [0.05, 0.1) is 17.2 Å². The van der Waals surface area contributed by atoms with Gasteiger partial charge in [-0.15, -0.1) is 0 Å². The van der Waals surface area contributed by atoms with E-state index in [1.54, 1.807) is 24.3 Å². The molecule has 1 atom stereocenters. The van der Waals surface area contributed by atoms with E-state index in [1.165, 1.54) is 27.6 Å². The van der Waals surface area contributed by atoms with Gasteiger partial charge in [-0.05, 0) is 97.9 Å². The molecule has 2 heterocycles. The zero-order chi connectivity index (χ0) is 35.3. The molecule has 4 nitrogen and oxygen atoms in total. The maximum atomic E-state index is 9.79. The minimum absolute atomic E-state index is 0.241. The van der Waals surface area contributed by atoms with Crippen molar-refractivity contribution in [2.24, 2.45) is 0 Å². The van der Waals surface area contributed by atoms with Gasteiger partial charge in [0.15, 0.2) is 12.7 Å². The Bertz CT molecular complexity index is 2470. The first-order chi connectivity index (χ1) is 25.6. The first kappa shape index (κ1) is 33.7. The van der Waals surface area contributed by atoms with Crippen LogP contribution in [0.4, 0.5) is 0 Å². The number of phenols is 2. The summed E-state index contributed by atoms with van der Waals surface area (Å²) in [5.41, 5.74) is 7.27. The fourth-order valence-corrected chi connectivity index (χ4v) is 8.89. The Morgan fingerprint density at radius 2 is 1.33 bits per heavy atom. The van der Waals surface area contributed by atoms with Gasteiger partial charge in [-0.3, -0.25) is 0 Å². The summed E-state index contributed by atoms with van der Waals surface area (Å²) in [4.78, 5) is 2.44. The fraction of sp³-hybridized carbons (Fsp3) is 0.109. The summed E-state index contributed by atoms with van der Waals surface area (Å²) < 4.78 is 2.37. The molecule has 1 aliphatic heterocycles. The molecule has 2 aliphatic rings. The Kier molecular flexibility index (Phi) is 10.0. The number of aromatic hydroxyl groups is 2. The Balaban J connectivity index is 0.853. The van der Waals surface area contributed by atoms with E-state index in [1.807, 2.05) is 33.7 Å². The average Bonchev–Trinajstić information content (AvgIpc) is 3.18. The second-order valence-corrected chi connectivity index (χ2v) is 15.7. The number of benzene rings is 5. The molecule has 1 aliphatic carbocycles. The number of pyridine rings is 1. The molecule has 1 aromatic heterocycles. The molecular formula is C46H39N2O2S2+. The van der Waals surface area contributed by atoms with Gasteiger partial charge < -0.3 is 15.1 Å². The van der Waals surface area contributed by atoms with Crippen molar-refractivity contribution in [1.29, 1.82) is 0 Å². The van der Waals surface area contributed by atoms with Gasteiger partial charge in [-0.2, -0.15) is 4.57 Å². The van der Waals surface area contributed by atoms with Crippen molar-refractivity contribution in [2.75, 3.05) is 18.1 Å². The molecule has 256 valence electrons. The van der Waals surface area contributed by atoms with Crippen molar-refractivity contribution in [1.82, 2.24) is 4.90 Å². The van der Waals surface area contributed by atoms with Gasteiger partial charge in [0.1, 0.15) is 11.5 Å². The standard InChI is InChI=1S/C46H38N2O2S2/c49-41-19-17-37-29-33(11-15-39(37)31-41)9-13-35-21-23-47(45-7-3-1-5-43(35)45)25-27-51-52-28-26-48-24-22-36(44-6-2-4-8-46(44)48)14-10-34-12-16-40-32-42(50)20-18-38(40)30-34/h1-24,29-32,45,49H,25-28H2/p+1/b13-9+. The molecular weight excluding hydrogens is 677 g/mol. The molecule has 1 unspecified atom stereocenters. The van der Waals surface area contributed by atoms with Crippen molar-refractivity contribution in [3.63, 3.8) is 0 Å². The van der Waals surface area contributed by atoms with Gasteiger partial charge in [-0.25, -0.2) is 0 Å². The summed E-state index contributed by atoms with van der Waals surface area (Å²) in [5, 5.41) is 25.1.